The molecule has 2 amide bonds. The molecule has 0 aliphatic carbocycles. The fourth-order valence-corrected chi connectivity index (χ4v) is 3.59. The van der Waals surface area contributed by atoms with Crippen LogP contribution in [0.25, 0.3) is 0 Å². The number of benzene rings is 2. The Morgan fingerprint density at radius 2 is 1.88 bits per heavy atom. The van der Waals surface area contributed by atoms with E-state index in [0.717, 1.165) is 6.42 Å². The lowest BCUT2D eigenvalue weighted by Crippen LogP contribution is -2.60. The van der Waals surface area contributed by atoms with Gasteiger partial charge in [-0.15, -0.1) is 0 Å². The number of hydrogen-bond acceptors (Lipinski definition) is 6. The molecule has 168 valence electrons. The van der Waals surface area contributed by atoms with Crippen molar-refractivity contribution in [2.24, 2.45) is 0 Å². The second kappa shape index (κ2) is 11.2. The van der Waals surface area contributed by atoms with Crippen LogP contribution in [0.4, 0.5) is 0 Å². The van der Waals surface area contributed by atoms with Crippen molar-refractivity contribution >= 4 is 35.1 Å². The Balaban J connectivity index is 1.54. The zero-order valence-electron chi connectivity index (χ0n) is 17.7. The molecular weight excluding hydrogens is 430 g/mol. The summed E-state index contributed by atoms with van der Waals surface area (Å²) >= 11 is 5.34. The van der Waals surface area contributed by atoms with Gasteiger partial charge in [0.05, 0.1) is 20.1 Å². The van der Waals surface area contributed by atoms with Crippen LogP contribution in [0, 0.1) is 0 Å². The van der Waals surface area contributed by atoms with Crippen LogP contribution in [-0.2, 0) is 20.7 Å². The monoisotopic (exact) mass is 455 g/mol. The molecule has 0 aromatic heterocycles. The van der Waals surface area contributed by atoms with E-state index < -0.39 is 17.9 Å². The average molecular weight is 456 g/mol. The zero-order valence-corrected chi connectivity index (χ0v) is 18.5. The SMILES string of the molecule is COC(=O)CC1C(=O)NCCN1C(=S)NC(=O)c1ccc(OCCc2ccccc2)cc1. The summed E-state index contributed by atoms with van der Waals surface area (Å²) in [6, 6.07) is 15.9. The van der Waals surface area contributed by atoms with Gasteiger partial charge in [0.2, 0.25) is 5.91 Å². The fraction of sp³-hybridized carbons (Fsp3) is 0.304. The first kappa shape index (κ1) is 23.2. The Labute approximate surface area is 191 Å². The standard InChI is InChI=1S/C23H25N3O5S/c1-30-20(27)15-19-22(29)24-12-13-26(19)23(32)25-21(28)17-7-9-18(10-8-17)31-14-11-16-5-3-2-4-6-16/h2-10,19H,11-15H2,1H3,(H,24,29)(H,25,28,32). The molecular formula is C23H25N3O5S. The van der Waals surface area contributed by atoms with Gasteiger partial charge in [0.15, 0.2) is 5.11 Å². The van der Waals surface area contributed by atoms with Crippen LogP contribution in [0.3, 0.4) is 0 Å². The first-order chi connectivity index (χ1) is 15.5. The number of amides is 2. The van der Waals surface area contributed by atoms with Gasteiger partial charge in [0, 0.05) is 25.1 Å². The summed E-state index contributed by atoms with van der Waals surface area (Å²) in [4.78, 5) is 38.0. The van der Waals surface area contributed by atoms with E-state index in [0.29, 0.717) is 31.0 Å². The van der Waals surface area contributed by atoms with Crippen molar-refractivity contribution in [3.8, 4) is 5.75 Å². The maximum Gasteiger partial charge on any atom is 0.308 e. The molecule has 0 saturated carbocycles. The Kier molecular flexibility index (Phi) is 8.15. The van der Waals surface area contributed by atoms with Crippen LogP contribution in [-0.4, -0.2) is 60.6 Å². The number of ether oxygens (including phenoxy) is 2. The van der Waals surface area contributed by atoms with E-state index in [2.05, 4.69) is 15.4 Å². The molecule has 0 spiro atoms. The maximum atomic E-state index is 12.6. The number of carbonyl (C=O) groups excluding carboxylic acids is 3. The molecule has 1 fully saturated rings. The van der Waals surface area contributed by atoms with E-state index in [1.165, 1.54) is 17.6 Å². The molecule has 2 aromatic carbocycles. The number of piperazine rings is 1. The fourth-order valence-electron chi connectivity index (χ4n) is 3.28. The molecule has 1 unspecified atom stereocenters. The average Bonchev–Trinajstić information content (AvgIpc) is 2.81. The van der Waals surface area contributed by atoms with Crippen molar-refractivity contribution in [2.75, 3.05) is 26.8 Å². The van der Waals surface area contributed by atoms with E-state index >= 15 is 0 Å². The van der Waals surface area contributed by atoms with Crippen molar-refractivity contribution in [1.82, 2.24) is 15.5 Å². The van der Waals surface area contributed by atoms with Crippen LogP contribution in [0.5, 0.6) is 5.75 Å². The second-order valence-electron chi connectivity index (χ2n) is 7.15. The maximum absolute atomic E-state index is 12.6. The van der Waals surface area contributed by atoms with E-state index in [9.17, 15) is 14.4 Å². The minimum absolute atomic E-state index is 0.0851. The number of nitrogens with one attached hydrogen (secondary N) is 2. The van der Waals surface area contributed by atoms with Gasteiger partial charge < -0.3 is 19.7 Å². The summed E-state index contributed by atoms with van der Waals surface area (Å²) in [5.74, 6) is -0.621. The molecule has 2 aromatic rings. The van der Waals surface area contributed by atoms with Crippen molar-refractivity contribution in [2.45, 2.75) is 18.9 Å². The first-order valence-corrected chi connectivity index (χ1v) is 10.6. The summed E-state index contributed by atoms with van der Waals surface area (Å²) in [7, 11) is 1.25. The summed E-state index contributed by atoms with van der Waals surface area (Å²) in [5.41, 5.74) is 1.59. The van der Waals surface area contributed by atoms with E-state index in [-0.39, 0.29) is 17.4 Å². The van der Waals surface area contributed by atoms with Gasteiger partial charge in [-0.25, -0.2) is 0 Å². The molecule has 1 aliphatic heterocycles. The second-order valence-corrected chi connectivity index (χ2v) is 7.53. The van der Waals surface area contributed by atoms with Gasteiger partial charge in [0.25, 0.3) is 5.91 Å². The topological polar surface area (TPSA) is 97.0 Å². The van der Waals surface area contributed by atoms with Gasteiger partial charge in [0.1, 0.15) is 11.8 Å². The highest BCUT2D eigenvalue weighted by atomic mass is 32.1. The van der Waals surface area contributed by atoms with Crippen LogP contribution in [0.2, 0.25) is 0 Å². The van der Waals surface area contributed by atoms with Crippen LogP contribution < -0.4 is 15.4 Å². The molecule has 9 heteroatoms. The molecule has 2 N–H and O–H groups in total. The lowest BCUT2D eigenvalue weighted by molar-refractivity contribution is -0.144. The highest BCUT2D eigenvalue weighted by Gasteiger charge is 2.34. The molecule has 1 atom stereocenters. The van der Waals surface area contributed by atoms with Gasteiger partial charge in [-0.1, -0.05) is 30.3 Å². The normalized spacial score (nSPS) is 15.5. The van der Waals surface area contributed by atoms with Crippen LogP contribution in [0.1, 0.15) is 22.3 Å². The van der Waals surface area contributed by atoms with E-state index in [1.807, 2.05) is 30.3 Å². The van der Waals surface area contributed by atoms with Gasteiger partial charge in [-0.3, -0.25) is 19.7 Å². The third-order valence-corrected chi connectivity index (χ3v) is 5.36. The van der Waals surface area contributed by atoms with Crippen molar-refractivity contribution < 1.29 is 23.9 Å². The molecule has 1 aliphatic rings. The number of carbonyl (C=O) groups is 3. The minimum Gasteiger partial charge on any atom is -0.493 e. The van der Waals surface area contributed by atoms with Crippen molar-refractivity contribution in [3.05, 3.63) is 65.7 Å². The smallest absolute Gasteiger partial charge is 0.308 e. The third-order valence-electron chi connectivity index (χ3n) is 5.02. The quantitative estimate of drug-likeness (QED) is 0.484. The lowest BCUT2D eigenvalue weighted by atomic mass is 10.1. The number of nitrogens with zero attached hydrogens (tertiary/aromatic N) is 1. The minimum atomic E-state index is -0.829. The van der Waals surface area contributed by atoms with Crippen molar-refractivity contribution in [3.63, 3.8) is 0 Å². The Morgan fingerprint density at radius 1 is 1.16 bits per heavy atom. The molecule has 3 rings (SSSR count). The summed E-state index contributed by atoms with van der Waals surface area (Å²) in [5, 5.41) is 5.41. The Morgan fingerprint density at radius 3 is 2.56 bits per heavy atom. The Bertz CT molecular complexity index is 965. The molecule has 1 saturated heterocycles. The summed E-state index contributed by atoms with van der Waals surface area (Å²) in [6.45, 7) is 1.26. The highest BCUT2D eigenvalue weighted by molar-refractivity contribution is 7.80. The molecule has 32 heavy (non-hydrogen) atoms. The molecule has 8 nitrogen and oxygen atoms in total. The Hall–Kier alpha value is -3.46. The van der Waals surface area contributed by atoms with Gasteiger partial charge in [-0.2, -0.15) is 0 Å². The molecule has 0 radical (unpaired) electrons. The molecule has 1 heterocycles. The highest BCUT2D eigenvalue weighted by Crippen LogP contribution is 2.14. The van der Waals surface area contributed by atoms with Crippen LogP contribution >= 0.6 is 12.2 Å². The molecule has 0 bridgehead atoms. The number of methoxy groups -OCH3 is 1. The number of esters is 1. The van der Waals surface area contributed by atoms with E-state index in [4.69, 9.17) is 17.0 Å². The lowest BCUT2D eigenvalue weighted by Gasteiger charge is -2.36. The number of rotatable bonds is 7. The summed E-state index contributed by atoms with van der Waals surface area (Å²) < 4.78 is 10.4. The predicted octanol–water partition coefficient (Wildman–Crippen LogP) is 1.69. The third kappa shape index (κ3) is 6.27. The number of hydrogen-bond donors (Lipinski definition) is 2. The van der Waals surface area contributed by atoms with E-state index in [1.54, 1.807) is 24.3 Å². The van der Waals surface area contributed by atoms with Gasteiger partial charge in [-0.05, 0) is 42.0 Å². The summed E-state index contributed by atoms with van der Waals surface area (Å²) in [6.07, 6.45) is 0.626. The zero-order chi connectivity index (χ0) is 22.9. The first-order valence-electron chi connectivity index (χ1n) is 10.2. The number of thiocarbonyl (C=S) groups is 1. The van der Waals surface area contributed by atoms with Gasteiger partial charge >= 0.3 is 5.97 Å². The van der Waals surface area contributed by atoms with Crippen molar-refractivity contribution in [1.29, 1.82) is 0 Å². The van der Waals surface area contributed by atoms with Crippen LogP contribution in [0.15, 0.2) is 54.6 Å². The predicted molar refractivity (Wildman–Crippen MR) is 122 cm³/mol. The largest absolute Gasteiger partial charge is 0.493 e.